The minimum absolute atomic E-state index is 0.262. The van der Waals surface area contributed by atoms with Crippen LogP contribution < -0.4 is 5.73 Å². The van der Waals surface area contributed by atoms with Crippen LogP contribution in [0.1, 0.15) is 31.4 Å². The molecular formula is C13H20N4O. The highest BCUT2D eigenvalue weighted by Crippen LogP contribution is 2.24. The lowest BCUT2D eigenvalue weighted by Crippen LogP contribution is -2.39. The molecule has 1 saturated carbocycles. The summed E-state index contributed by atoms with van der Waals surface area (Å²) in [6.07, 6.45) is 6.70. The second kappa shape index (κ2) is 6.35. The van der Waals surface area contributed by atoms with Crippen molar-refractivity contribution in [2.24, 2.45) is 10.9 Å². The van der Waals surface area contributed by atoms with Crippen LogP contribution in [-0.4, -0.2) is 33.5 Å². The van der Waals surface area contributed by atoms with Crippen molar-refractivity contribution in [2.75, 3.05) is 6.54 Å². The van der Waals surface area contributed by atoms with Gasteiger partial charge in [0.15, 0.2) is 5.84 Å². The van der Waals surface area contributed by atoms with E-state index in [1.165, 1.54) is 25.7 Å². The minimum atomic E-state index is 0.262. The third-order valence-corrected chi connectivity index (χ3v) is 3.43. The highest BCUT2D eigenvalue weighted by atomic mass is 16.4. The Morgan fingerprint density at radius 3 is 2.83 bits per heavy atom. The first kappa shape index (κ1) is 12.8. The van der Waals surface area contributed by atoms with Gasteiger partial charge in [-0.1, -0.05) is 24.1 Å². The third kappa shape index (κ3) is 3.43. The predicted octanol–water partition coefficient (Wildman–Crippen LogP) is 1.57. The fourth-order valence-electron chi connectivity index (χ4n) is 2.52. The summed E-state index contributed by atoms with van der Waals surface area (Å²) >= 11 is 0. The molecule has 2 rings (SSSR count). The summed E-state index contributed by atoms with van der Waals surface area (Å²) in [5.74, 6) is 0.262. The fourth-order valence-corrected chi connectivity index (χ4v) is 2.52. The Kier molecular flexibility index (Phi) is 4.52. The quantitative estimate of drug-likeness (QED) is 0.359. The van der Waals surface area contributed by atoms with Crippen molar-refractivity contribution >= 4 is 5.84 Å². The van der Waals surface area contributed by atoms with Crippen LogP contribution in [0.3, 0.4) is 0 Å². The van der Waals surface area contributed by atoms with Crippen LogP contribution in [0, 0.1) is 0 Å². The number of nitrogens with two attached hydrogens (primary N) is 1. The van der Waals surface area contributed by atoms with E-state index in [1.54, 1.807) is 6.20 Å². The molecule has 0 bridgehead atoms. The maximum atomic E-state index is 8.71. The molecule has 1 aliphatic rings. The van der Waals surface area contributed by atoms with Gasteiger partial charge in [0.25, 0.3) is 0 Å². The van der Waals surface area contributed by atoms with Crippen molar-refractivity contribution < 1.29 is 5.21 Å². The lowest BCUT2D eigenvalue weighted by atomic mass is 10.2. The molecule has 1 aliphatic carbocycles. The van der Waals surface area contributed by atoms with Crippen molar-refractivity contribution in [1.29, 1.82) is 0 Å². The Hall–Kier alpha value is -1.62. The number of rotatable bonds is 5. The maximum absolute atomic E-state index is 8.71. The standard InChI is InChI=1S/C13H20N4O/c14-13(16-18)10-17(12-6-1-2-7-12)9-11-5-3-4-8-15-11/h3-5,8,12,18H,1-2,6-7,9-10H2,(H2,14,16). The maximum Gasteiger partial charge on any atom is 0.153 e. The van der Waals surface area contributed by atoms with E-state index in [1.807, 2.05) is 18.2 Å². The molecule has 0 radical (unpaired) electrons. The Morgan fingerprint density at radius 2 is 2.22 bits per heavy atom. The van der Waals surface area contributed by atoms with Crippen LogP contribution in [-0.2, 0) is 6.54 Å². The van der Waals surface area contributed by atoms with E-state index >= 15 is 0 Å². The smallest absolute Gasteiger partial charge is 0.153 e. The summed E-state index contributed by atoms with van der Waals surface area (Å²) in [6, 6.07) is 6.42. The average molecular weight is 248 g/mol. The van der Waals surface area contributed by atoms with Gasteiger partial charge in [0.1, 0.15) is 0 Å². The van der Waals surface area contributed by atoms with E-state index in [0.29, 0.717) is 12.6 Å². The van der Waals surface area contributed by atoms with E-state index in [4.69, 9.17) is 10.9 Å². The summed E-state index contributed by atoms with van der Waals surface area (Å²) in [5, 5.41) is 11.8. The van der Waals surface area contributed by atoms with E-state index in [0.717, 1.165) is 12.2 Å². The molecule has 1 aromatic heterocycles. The zero-order chi connectivity index (χ0) is 12.8. The molecule has 0 atom stereocenters. The number of nitrogens with zero attached hydrogens (tertiary/aromatic N) is 3. The first-order valence-corrected chi connectivity index (χ1v) is 6.40. The zero-order valence-corrected chi connectivity index (χ0v) is 10.5. The number of amidine groups is 1. The van der Waals surface area contributed by atoms with E-state index in [-0.39, 0.29) is 5.84 Å². The van der Waals surface area contributed by atoms with Gasteiger partial charge >= 0.3 is 0 Å². The van der Waals surface area contributed by atoms with Gasteiger partial charge in [0.2, 0.25) is 0 Å². The molecule has 3 N–H and O–H groups in total. The largest absolute Gasteiger partial charge is 0.409 e. The van der Waals surface area contributed by atoms with Crippen molar-refractivity contribution in [3.05, 3.63) is 30.1 Å². The third-order valence-electron chi connectivity index (χ3n) is 3.43. The molecule has 0 unspecified atom stereocenters. The van der Waals surface area contributed by atoms with Crippen LogP contribution in [0.15, 0.2) is 29.6 Å². The average Bonchev–Trinajstić information content (AvgIpc) is 2.93. The van der Waals surface area contributed by atoms with Crippen LogP contribution in [0.25, 0.3) is 0 Å². The van der Waals surface area contributed by atoms with E-state index in [2.05, 4.69) is 15.0 Å². The monoisotopic (exact) mass is 248 g/mol. The number of hydrogen-bond acceptors (Lipinski definition) is 4. The Labute approximate surface area is 107 Å². The predicted molar refractivity (Wildman–Crippen MR) is 70.3 cm³/mol. The van der Waals surface area contributed by atoms with Crippen LogP contribution in [0.2, 0.25) is 0 Å². The Bertz CT molecular complexity index is 387. The van der Waals surface area contributed by atoms with Gasteiger partial charge in [0.05, 0.1) is 12.2 Å². The van der Waals surface area contributed by atoms with Crippen molar-refractivity contribution in [2.45, 2.75) is 38.3 Å². The van der Waals surface area contributed by atoms with Crippen molar-refractivity contribution in [3.63, 3.8) is 0 Å². The van der Waals surface area contributed by atoms with Gasteiger partial charge in [-0.05, 0) is 25.0 Å². The number of aromatic nitrogens is 1. The number of oxime groups is 1. The normalized spacial score (nSPS) is 17.5. The molecule has 0 aromatic carbocycles. The highest BCUT2D eigenvalue weighted by Gasteiger charge is 2.23. The molecule has 1 heterocycles. The van der Waals surface area contributed by atoms with Gasteiger partial charge in [0, 0.05) is 18.8 Å². The van der Waals surface area contributed by atoms with E-state index in [9.17, 15) is 0 Å². The number of hydrogen-bond donors (Lipinski definition) is 2. The molecule has 5 nitrogen and oxygen atoms in total. The van der Waals surface area contributed by atoms with Crippen molar-refractivity contribution in [1.82, 2.24) is 9.88 Å². The second-order valence-electron chi connectivity index (χ2n) is 4.76. The number of pyridine rings is 1. The second-order valence-corrected chi connectivity index (χ2v) is 4.76. The van der Waals surface area contributed by atoms with Gasteiger partial charge in [-0.2, -0.15) is 0 Å². The summed E-state index contributed by atoms with van der Waals surface area (Å²) in [5.41, 5.74) is 6.66. The molecule has 0 amide bonds. The van der Waals surface area contributed by atoms with Crippen molar-refractivity contribution in [3.8, 4) is 0 Å². The summed E-state index contributed by atoms with van der Waals surface area (Å²) in [7, 11) is 0. The Morgan fingerprint density at radius 1 is 1.44 bits per heavy atom. The molecule has 18 heavy (non-hydrogen) atoms. The van der Waals surface area contributed by atoms with Crippen LogP contribution >= 0.6 is 0 Å². The molecule has 98 valence electrons. The molecular weight excluding hydrogens is 228 g/mol. The molecule has 1 aromatic rings. The molecule has 0 saturated heterocycles. The first-order chi connectivity index (χ1) is 8.79. The fraction of sp³-hybridized carbons (Fsp3) is 0.538. The zero-order valence-electron chi connectivity index (χ0n) is 10.5. The lowest BCUT2D eigenvalue weighted by Gasteiger charge is -2.27. The summed E-state index contributed by atoms with van der Waals surface area (Å²) < 4.78 is 0. The van der Waals surface area contributed by atoms with Crippen LogP contribution in [0.5, 0.6) is 0 Å². The molecule has 0 aliphatic heterocycles. The van der Waals surface area contributed by atoms with Gasteiger partial charge in [-0.15, -0.1) is 0 Å². The first-order valence-electron chi connectivity index (χ1n) is 6.40. The van der Waals surface area contributed by atoms with Gasteiger partial charge in [-0.3, -0.25) is 9.88 Å². The highest BCUT2D eigenvalue weighted by molar-refractivity contribution is 5.81. The lowest BCUT2D eigenvalue weighted by molar-refractivity contribution is 0.211. The van der Waals surface area contributed by atoms with Crippen LogP contribution in [0.4, 0.5) is 0 Å². The van der Waals surface area contributed by atoms with E-state index < -0.39 is 0 Å². The van der Waals surface area contributed by atoms with Gasteiger partial charge < -0.3 is 10.9 Å². The molecule has 5 heteroatoms. The van der Waals surface area contributed by atoms with Gasteiger partial charge in [-0.25, -0.2) is 0 Å². The summed E-state index contributed by atoms with van der Waals surface area (Å²) in [4.78, 5) is 6.59. The molecule has 1 fully saturated rings. The Balaban J connectivity index is 2.04. The summed E-state index contributed by atoms with van der Waals surface area (Å²) in [6.45, 7) is 1.25. The topological polar surface area (TPSA) is 74.7 Å². The molecule has 0 spiro atoms. The minimum Gasteiger partial charge on any atom is -0.409 e. The SMILES string of the molecule is NC(CN(Cc1ccccn1)C1CCCC1)=NO.